The summed E-state index contributed by atoms with van der Waals surface area (Å²) in [5.74, 6) is 0. The van der Waals surface area contributed by atoms with E-state index in [0.717, 1.165) is 15.6 Å². The second kappa shape index (κ2) is 3.35. The Morgan fingerprint density at radius 2 is 2.07 bits per heavy atom. The summed E-state index contributed by atoms with van der Waals surface area (Å²) in [6, 6.07) is 0. The fraction of sp³-hybridized carbons (Fsp3) is 0. The monoisotopic (exact) mass is 218 g/mol. The van der Waals surface area contributed by atoms with Crippen LogP contribution in [0, 0.1) is 0 Å². The van der Waals surface area contributed by atoms with Crippen molar-refractivity contribution in [2.75, 3.05) is 0 Å². The molecular formula is C8H6N6S. The zero-order chi connectivity index (χ0) is 10.1. The Kier molecular flexibility index (Phi) is 1.88. The number of imidazole rings is 2. The topological polar surface area (TPSA) is 83.1 Å². The van der Waals surface area contributed by atoms with Gasteiger partial charge in [-0.3, -0.25) is 0 Å². The van der Waals surface area contributed by atoms with E-state index < -0.39 is 0 Å². The summed E-state index contributed by atoms with van der Waals surface area (Å²) in [7, 11) is 0. The van der Waals surface area contributed by atoms with Crippen molar-refractivity contribution in [2.45, 2.75) is 10.1 Å². The quantitative estimate of drug-likeness (QED) is 0.632. The van der Waals surface area contributed by atoms with Crippen LogP contribution in [0.2, 0.25) is 0 Å². The van der Waals surface area contributed by atoms with Crippen LogP contribution >= 0.6 is 11.8 Å². The number of aromatic amines is 2. The van der Waals surface area contributed by atoms with Crippen LogP contribution in [-0.4, -0.2) is 29.9 Å². The molecule has 74 valence electrons. The molecule has 0 aliphatic rings. The first-order chi connectivity index (χ1) is 7.43. The molecule has 0 spiro atoms. The number of rotatable bonds is 2. The molecule has 0 aliphatic heterocycles. The molecule has 3 heterocycles. The van der Waals surface area contributed by atoms with E-state index in [1.54, 1.807) is 18.9 Å². The summed E-state index contributed by atoms with van der Waals surface area (Å²) in [4.78, 5) is 22.2. The molecule has 0 aliphatic carbocycles. The minimum atomic E-state index is 0.673. The van der Waals surface area contributed by atoms with E-state index in [9.17, 15) is 0 Å². The first-order valence-corrected chi connectivity index (χ1v) is 5.05. The van der Waals surface area contributed by atoms with Crippen molar-refractivity contribution in [1.29, 1.82) is 0 Å². The number of nitrogens with one attached hydrogen (secondary N) is 2. The third-order valence-corrected chi connectivity index (χ3v) is 2.81. The lowest BCUT2D eigenvalue weighted by Gasteiger charge is -1.97. The lowest BCUT2D eigenvalue weighted by Crippen LogP contribution is -1.85. The molecule has 6 nitrogen and oxygen atoms in total. The Hall–Kier alpha value is -1.89. The molecule has 2 N–H and O–H groups in total. The molecule has 0 fully saturated rings. The van der Waals surface area contributed by atoms with Crippen LogP contribution in [-0.2, 0) is 0 Å². The molecular weight excluding hydrogens is 212 g/mol. The smallest absolute Gasteiger partial charge is 0.181 e. The molecule has 7 heteroatoms. The van der Waals surface area contributed by atoms with E-state index in [1.165, 1.54) is 18.1 Å². The van der Waals surface area contributed by atoms with Crippen LogP contribution in [0.5, 0.6) is 0 Å². The van der Waals surface area contributed by atoms with Crippen molar-refractivity contribution in [3.05, 3.63) is 25.2 Å². The molecule has 3 aromatic rings. The van der Waals surface area contributed by atoms with Gasteiger partial charge >= 0.3 is 0 Å². The van der Waals surface area contributed by atoms with Gasteiger partial charge in [-0.15, -0.1) is 0 Å². The predicted molar refractivity (Wildman–Crippen MR) is 54.4 cm³/mol. The standard InChI is InChI=1S/C8H6N6S/c1-5(10-2-9-1)15-8-6-7(12-3-11-6)13-4-14-8/h1-4H,(H,9,10)(H,11,12,13,14). The summed E-state index contributed by atoms with van der Waals surface area (Å²) >= 11 is 1.49. The maximum absolute atomic E-state index is 4.19. The second-order valence-electron chi connectivity index (χ2n) is 2.80. The van der Waals surface area contributed by atoms with Gasteiger partial charge in [-0.25, -0.2) is 19.9 Å². The number of hydrogen-bond acceptors (Lipinski definition) is 5. The van der Waals surface area contributed by atoms with Gasteiger partial charge in [-0.2, -0.15) is 0 Å². The minimum absolute atomic E-state index is 0.673. The summed E-state index contributed by atoms with van der Waals surface area (Å²) in [5, 5.41) is 1.77. The molecule has 3 rings (SSSR count). The third-order valence-electron chi connectivity index (χ3n) is 1.87. The molecule has 0 bridgehead atoms. The van der Waals surface area contributed by atoms with Gasteiger partial charge in [0.1, 0.15) is 16.9 Å². The highest BCUT2D eigenvalue weighted by Crippen LogP contribution is 2.27. The molecule has 0 aromatic carbocycles. The van der Waals surface area contributed by atoms with E-state index in [4.69, 9.17) is 0 Å². The highest BCUT2D eigenvalue weighted by atomic mass is 32.2. The average Bonchev–Trinajstić information content (AvgIpc) is 2.87. The Morgan fingerprint density at radius 3 is 2.93 bits per heavy atom. The average molecular weight is 218 g/mol. The Bertz CT molecular complexity index is 572. The van der Waals surface area contributed by atoms with E-state index in [1.807, 2.05) is 0 Å². The zero-order valence-corrected chi connectivity index (χ0v) is 8.32. The molecule has 0 saturated carbocycles. The fourth-order valence-electron chi connectivity index (χ4n) is 1.22. The normalized spacial score (nSPS) is 10.9. The summed E-state index contributed by atoms with van der Waals surface area (Å²) < 4.78 is 0. The Balaban J connectivity index is 2.07. The summed E-state index contributed by atoms with van der Waals surface area (Å²) in [5.41, 5.74) is 1.52. The van der Waals surface area contributed by atoms with Gasteiger partial charge in [0.2, 0.25) is 0 Å². The SMILES string of the molecule is c1nc(Sc2cnc[nH]2)c2[nH]cnc2n1. The highest BCUT2D eigenvalue weighted by Gasteiger charge is 2.07. The van der Waals surface area contributed by atoms with Gasteiger partial charge in [0.05, 0.1) is 23.9 Å². The largest absolute Gasteiger partial charge is 0.341 e. The van der Waals surface area contributed by atoms with Crippen LogP contribution < -0.4 is 0 Å². The Morgan fingerprint density at radius 1 is 1.07 bits per heavy atom. The predicted octanol–water partition coefficient (Wildman–Crippen LogP) is 1.23. The lowest BCUT2D eigenvalue weighted by molar-refractivity contribution is 1.08. The maximum Gasteiger partial charge on any atom is 0.181 e. The van der Waals surface area contributed by atoms with Gasteiger partial charge in [-0.05, 0) is 11.8 Å². The van der Waals surface area contributed by atoms with E-state index in [2.05, 4.69) is 29.9 Å². The second-order valence-corrected chi connectivity index (χ2v) is 3.83. The van der Waals surface area contributed by atoms with Crippen molar-refractivity contribution in [3.8, 4) is 0 Å². The van der Waals surface area contributed by atoms with E-state index in [0.29, 0.717) is 5.65 Å². The number of H-pyrrole nitrogens is 2. The molecule has 0 radical (unpaired) electrons. The fourth-order valence-corrected chi connectivity index (χ4v) is 2.01. The third kappa shape index (κ3) is 1.46. The number of fused-ring (bicyclic) bond motifs is 1. The summed E-state index contributed by atoms with van der Waals surface area (Å²) in [6.45, 7) is 0. The van der Waals surface area contributed by atoms with Crippen LogP contribution in [0.25, 0.3) is 11.2 Å². The van der Waals surface area contributed by atoms with Gasteiger partial charge in [0.25, 0.3) is 0 Å². The van der Waals surface area contributed by atoms with Gasteiger partial charge in [0, 0.05) is 0 Å². The van der Waals surface area contributed by atoms with Crippen molar-refractivity contribution >= 4 is 22.9 Å². The van der Waals surface area contributed by atoms with Gasteiger partial charge in [0.15, 0.2) is 5.65 Å². The van der Waals surface area contributed by atoms with Gasteiger partial charge < -0.3 is 9.97 Å². The first-order valence-electron chi connectivity index (χ1n) is 4.24. The van der Waals surface area contributed by atoms with E-state index in [-0.39, 0.29) is 0 Å². The number of nitrogens with zero attached hydrogens (tertiary/aromatic N) is 4. The van der Waals surface area contributed by atoms with Gasteiger partial charge in [-0.1, -0.05) is 0 Å². The summed E-state index contributed by atoms with van der Waals surface area (Å²) in [6.07, 6.45) is 6.49. The van der Waals surface area contributed by atoms with Crippen molar-refractivity contribution in [1.82, 2.24) is 29.9 Å². The van der Waals surface area contributed by atoms with Crippen LogP contribution in [0.4, 0.5) is 0 Å². The van der Waals surface area contributed by atoms with Crippen molar-refractivity contribution in [3.63, 3.8) is 0 Å². The molecule has 0 amide bonds. The number of hydrogen-bond donors (Lipinski definition) is 2. The van der Waals surface area contributed by atoms with Crippen molar-refractivity contribution in [2.24, 2.45) is 0 Å². The zero-order valence-electron chi connectivity index (χ0n) is 7.51. The molecule has 15 heavy (non-hydrogen) atoms. The minimum Gasteiger partial charge on any atom is -0.341 e. The first kappa shape index (κ1) is 8.42. The number of aromatic nitrogens is 6. The van der Waals surface area contributed by atoms with Crippen molar-refractivity contribution < 1.29 is 0 Å². The molecule has 0 atom stereocenters. The highest BCUT2D eigenvalue weighted by molar-refractivity contribution is 7.99. The van der Waals surface area contributed by atoms with Crippen LogP contribution in [0.15, 0.2) is 35.2 Å². The molecule has 3 aromatic heterocycles. The lowest BCUT2D eigenvalue weighted by atomic mass is 10.6. The molecule has 0 saturated heterocycles. The van der Waals surface area contributed by atoms with Crippen LogP contribution in [0.3, 0.4) is 0 Å². The Labute approximate surface area is 88.6 Å². The van der Waals surface area contributed by atoms with Crippen LogP contribution in [0.1, 0.15) is 0 Å². The van der Waals surface area contributed by atoms with E-state index >= 15 is 0 Å². The molecule has 0 unspecified atom stereocenters. The maximum atomic E-state index is 4.19.